The number of hydrogen-bond donors (Lipinski definition) is 1. The molecule has 1 unspecified atom stereocenters. The molecule has 0 aromatic heterocycles. The maximum Gasteiger partial charge on any atom is 0.307 e. The van der Waals surface area contributed by atoms with Crippen LogP contribution in [-0.2, 0) is 9.59 Å². The molecule has 14 heavy (non-hydrogen) atoms. The Labute approximate surface area is 82.9 Å². The fraction of sp³-hybridized carbons (Fsp3) is 0.600. The minimum absolute atomic E-state index is 0.00824. The molecule has 4 nitrogen and oxygen atoms in total. The molecule has 1 rings (SSSR count). The molecule has 1 saturated heterocycles. The van der Waals surface area contributed by atoms with Gasteiger partial charge in [0.1, 0.15) is 0 Å². The van der Waals surface area contributed by atoms with Crippen LogP contribution >= 0.6 is 0 Å². The van der Waals surface area contributed by atoms with E-state index in [1.807, 2.05) is 0 Å². The molecule has 0 aromatic carbocycles. The van der Waals surface area contributed by atoms with Crippen LogP contribution < -0.4 is 0 Å². The van der Waals surface area contributed by atoms with E-state index in [-0.39, 0.29) is 18.2 Å². The lowest BCUT2D eigenvalue weighted by Crippen LogP contribution is -2.53. The van der Waals surface area contributed by atoms with Gasteiger partial charge in [0.15, 0.2) is 0 Å². The lowest BCUT2D eigenvalue weighted by Gasteiger charge is -2.41. The highest BCUT2D eigenvalue weighted by molar-refractivity contribution is 5.75. The number of likely N-dealkylation sites (tertiary alicyclic amines) is 1. The summed E-state index contributed by atoms with van der Waals surface area (Å²) in [5, 5.41) is 8.87. The van der Waals surface area contributed by atoms with Crippen molar-refractivity contribution in [2.45, 2.75) is 13.3 Å². The van der Waals surface area contributed by atoms with E-state index in [2.05, 4.69) is 5.92 Å². The van der Waals surface area contributed by atoms with Gasteiger partial charge in [-0.1, -0.05) is 0 Å². The molecule has 0 aliphatic carbocycles. The number of carboxylic acids is 1. The van der Waals surface area contributed by atoms with Crippen LogP contribution in [0.2, 0.25) is 0 Å². The third-order valence-corrected chi connectivity index (χ3v) is 2.58. The van der Waals surface area contributed by atoms with E-state index in [9.17, 15) is 9.59 Å². The summed E-state index contributed by atoms with van der Waals surface area (Å²) in [5.41, 5.74) is 0. The Bertz CT molecular complexity index is 286. The van der Waals surface area contributed by atoms with Gasteiger partial charge in [-0.3, -0.25) is 9.59 Å². The van der Waals surface area contributed by atoms with Gasteiger partial charge < -0.3 is 10.0 Å². The second kappa shape index (κ2) is 4.14. The topological polar surface area (TPSA) is 57.6 Å². The predicted octanol–water partition coefficient (Wildman–Crippen LogP) is 0.189. The van der Waals surface area contributed by atoms with E-state index in [0.717, 1.165) is 0 Å². The van der Waals surface area contributed by atoms with Crippen molar-refractivity contribution in [3.05, 3.63) is 0 Å². The fourth-order valence-corrected chi connectivity index (χ4v) is 1.61. The first kappa shape index (κ1) is 10.6. The monoisotopic (exact) mass is 195 g/mol. The van der Waals surface area contributed by atoms with Crippen LogP contribution in [0.25, 0.3) is 0 Å². The van der Waals surface area contributed by atoms with Crippen molar-refractivity contribution in [1.82, 2.24) is 4.90 Å². The first-order valence-electron chi connectivity index (χ1n) is 4.48. The van der Waals surface area contributed by atoms with Crippen molar-refractivity contribution in [3.63, 3.8) is 0 Å². The van der Waals surface area contributed by atoms with Crippen molar-refractivity contribution in [3.8, 4) is 12.3 Å². The largest absolute Gasteiger partial charge is 0.481 e. The molecular formula is C10H13NO3. The summed E-state index contributed by atoms with van der Waals surface area (Å²) in [6, 6.07) is 0. The molecular weight excluding hydrogens is 182 g/mol. The standard InChI is InChI=1S/C10H13NO3/c1-3-4-9(10(13)14)8-5-11(6-8)7(2)12/h1,8-9H,4-6H2,2H3,(H,13,14). The van der Waals surface area contributed by atoms with Crippen LogP contribution in [0.15, 0.2) is 0 Å². The summed E-state index contributed by atoms with van der Waals surface area (Å²) >= 11 is 0. The smallest absolute Gasteiger partial charge is 0.307 e. The summed E-state index contributed by atoms with van der Waals surface area (Å²) < 4.78 is 0. The quantitative estimate of drug-likeness (QED) is 0.654. The van der Waals surface area contributed by atoms with Gasteiger partial charge in [-0.2, -0.15) is 0 Å². The molecule has 1 amide bonds. The van der Waals surface area contributed by atoms with Crippen molar-refractivity contribution in [1.29, 1.82) is 0 Å². The average Bonchev–Trinajstić information content (AvgIpc) is 1.99. The molecule has 1 aliphatic heterocycles. The highest BCUT2D eigenvalue weighted by Gasteiger charge is 2.37. The van der Waals surface area contributed by atoms with Gasteiger partial charge in [0.2, 0.25) is 5.91 Å². The Morgan fingerprint density at radius 2 is 2.21 bits per heavy atom. The molecule has 1 aliphatic rings. The molecule has 76 valence electrons. The zero-order valence-corrected chi connectivity index (χ0v) is 8.06. The van der Waals surface area contributed by atoms with Crippen LogP contribution in [0.4, 0.5) is 0 Å². The molecule has 0 bridgehead atoms. The normalized spacial score (nSPS) is 18.1. The third-order valence-electron chi connectivity index (χ3n) is 2.58. The Morgan fingerprint density at radius 1 is 1.64 bits per heavy atom. The molecule has 0 aromatic rings. The second-order valence-electron chi connectivity index (χ2n) is 3.54. The molecule has 1 N–H and O–H groups in total. The number of carbonyl (C=O) groups excluding carboxylic acids is 1. The van der Waals surface area contributed by atoms with Gasteiger partial charge in [0.05, 0.1) is 5.92 Å². The number of aliphatic carboxylic acids is 1. The zero-order chi connectivity index (χ0) is 10.7. The van der Waals surface area contributed by atoms with Gasteiger partial charge in [-0.25, -0.2) is 0 Å². The van der Waals surface area contributed by atoms with E-state index in [1.165, 1.54) is 6.92 Å². The van der Waals surface area contributed by atoms with Gasteiger partial charge in [-0.05, 0) is 0 Å². The van der Waals surface area contributed by atoms with Gasteiger partial charge in [-0.15, -0.1) is 12.3 Å². The SMILES string of the molecule is C#CCC(C(=O)O)C1CN(C(C)=O)C1. The Balaban J connectivity index is 2.47. The summed E-state index contributed by atoms with van der Waals surface area (Å²) in [5.74, 6) is 1.00. The maximum atomic E-state index is 10.9. The number of terminal acetylenes is 1. The lowest BCUT2D eigenvalue weighted by atomic mass is 9.84. The van der Waals surface area contributed by atoms with Crippen LogP contribution in [-0.4, -0.2) is 35.0 Å². The maximum absolute atomic E-state index is 10.9. The fourth-order valence-electron chi connectivity index (χ4n) is 1.61. The average molecular weight is 195 g/mol. The number of rotatable bonds is 3. The zero-order valence-electron chi connectivity index (χ0n) is 8.06. The summed E-state index contributed by atoms with van der Waals surface area (Å²) in [6.45, 7) is 2.52. The Kier molecular flexibility index (Phi) is 3.13. The summed E-state index contributed by atoms with van der Waals surface area (Å²) in [7, 11) is 0. The molecule has 4 heteroatoms. The van der Waals surface area contributed by atoms with Gasteiger partial charge >= 0.3 is 5.97 Å². The molecule has 1 atom stereocenters. The van der Waals surface area contributed by atoms with E-state index in [1.54, 1.807) is 4.90 Å². The highest BCUT2D eigenvalue weighted by atomic mass is 16.4. The van der Waals surface area contributed by atoms with Gasteiger partial charge in [0, 0.05) is 32.4 Å². The van der Waals surface area contributed by atoms with E-state index in [0.29, 0.717) is 13.1 Å². The Morgan fingerprint density at radius 3 is 2.57 bits per heavy atom. The number of hydrogen-bond acceptors (Lipinski definition) is 2. The number of amides is 1. The van der Waals surface area contributed by atoms with Crippen molar-refractivity contribution < 1.29 is 14.7 Å². The van der Waals surface area contributed by atoms with E-state index >= 15 is 0 Å². The van der Waals surface area contributed by atoms with E-state index in [4.69, 9.17) is 11.5 Å². The first-order chi connectivity index (χ1) is 6.56. The van der Waals surface area contributed by atoms with Crippen molar-refractivity contribution >= 4 is 11.9 Å². The molecule has 0 spiro atoms. The molecule has 0 radical (unpaired) electrons. The predicted molar refractivity (Wildman–Crippen MR) is 50.3 cm³/mol. The summed E-state index contributed by atoms with van der Waals surface area (Å²) in [4.78, 5) is 23.3. The third kappa shape index (κ3) is 2.05. The van der Waals surface area contributed by atoms with Crippen molar-refractivity contribution in [2.75, 3.05) is 13.1 Å². The Hall–Kier alpha value is -1.50. The van der Waals surface area contributed by atoms with E-state index < -0.39 is 11.9 Å². The van der Waals surface area contributed by atoms with Crippen LogP contribution in [0, 0.1) is 24.2 Å². The summed E-state index contributed by atoms with van der Waals surface area (Å²) in [6.07, 6.45) is 5.33. The van der Waals surface area contributed by atoms with Crippen LogP contribution in [0.1, 0.15) is 13.3 Å². The number of carbonyl (C=O) groups is 2. The molecule has 0 saturated carbocycles. The minimum Gasteiger partial charge on any atom is -0.481 e. The molecule has 1 fully saturated rings. The van der Waals surface area contributed by atoms with Crippen molar-refractivity contribution in [2.24, 2.45) is 11.8 Å². The first-order valence-corrected chi connectivity index (χ1v) is 4.48. The molecule has 1 heterocycles. The second-order valence-corrected chi connectivity index (χ2v) is 3.54. The lowest BCUT2D eigenvalue weighted by molar-refractivity contribution is -0.150. The van der Waals surface area contributed by atoms with Crippen LogP contribution in [0.3, 0.4) is 0 Å². The van der Waals surface area contributed by atoms with Crippen LogP contribution in [0.5, 0.6) is 0 Å². The minimum atomic E-state index is -0.865. The number of nitrogens with zero attached hydrogens (tertiary/aromatic N) is 1. The van der Waals surface area contributed by atoms with Gasteiger partial charge in [0.25, 0.3) is 0 Å². The number of carboxylic acid groups (broad SMARTS) is 1. The highest BCUT2D eigenvalue weighted by Crippen LogP contribution is 2.26.